The van der Waals surface area contributed by atoms with Gasteiger partial charge in [-0.05, 0) is 18.6 Å². The first-order chi connectivity index (χ1) is 6.75. The molecule has 70 valence electrons. The molecule has 5 heteroatoms. The lowest BCUT2D eigenvalue weighted by Gasteiger charge is -1.98. The van der Waals surface area contributed by atoms with E-state index in [1.165, 1.54) is 0 Å². The molecular weight excluding hydrogens is 196 g/mol. The van der Waals surface area contributed by atoms with Crippen molar-refractivity contribution in [3.63, 3.8) is 0 Å². The standard InChI is InChI=1S/C9H8N4S/c1-6-4-11-8(12-5-6)9-10-3-2-7(14)13-9/h2-5H,1H3,(H,10,13,14). The monoisotopic (exact) mass is 204 g/mol. The molecule has 2 aromatic rings. The molecule has 0 saturated heterocycles. The number of nitrogens with one attached hydrogen (secondary N) is 1. The first kappa shape index (κ1) is 8.96. The highest BCUT2D eigenvalue weighted by molar-refractivity contribution is 7.71. The lowest BCUT2D eigenvalue weighted by molar-refractivity contribution is 1.06. The van der Waals surface area contributed by atoms with E-state index in [0.717, 1.165) is 5.56 Å². The summed E-state index contributed by atoms with van der Waals surface area (Å²) in [6.07, 6.45) is 5.12. The van der Waals surface area contributed by atoms with Gasteiger partial charge in [0.15, 0.2) is 11.6 Å². The van der Waals surface area contributed by atoms with E-state index in [-0.39, 0.29) is 0 Å². The van der Waals surface area contributed by atoms with E-state index in [2.05, 4.69) is 19.9 Å². The molecular formula is C9H8N4S. The van der Waals surface area contributed by atoms with Crippen LogP contribution in [-0.2, 0) is 0 Å². The topological polar surface area (TPSA) is 54.5 Å². The van der Waals surface area contributed by atoms with Crippen LogP contribution in [0, 0.1) is 11.6 Å². The fourth-order valence-electron chi connectivity index (χ4n) is 0.999. The second-order valence-corrected chi connectivity index (χ2v) is 3.31. The van der Waals surface area contributed by atoms with E-state index in [4.69, 9.17) is 12.2 Å². The van der Waals surface area contributed by atoms with Crippen molar-refractivity contribution in [2.45, 2.75) is 6.92 Å². The Balaban J connectivity index is 2.50. The summed E-state index contributed by atoms with van der Waals surface area (Å²) < 4.78 is 0.624. The van der Waals surface area contributed by atoms with Crippen LogP contribution in [0.3, 0.4) is 0 Å². The van der Waals surface area contributed by atoms with Crippen LogP contribution >= 0.6 is 12.2 Å². The van der Waals surface area contributed by atoms with E-state index in [9.17, 15) is 0 Å². The fraction of sp³-hybridized carbons (Fsp3) is 0.111. The summed E-state index contributed by atoms with van der Waals surface area (Å²) in [6, 6.07) is 1.72. The van der Waals surface area contributed by atoms with Crippen LogP contribution in [0.15, 0.2) is 24.7 Å². The van der Waals surface area contributed by atoms with Crippen molar-refractivity contribution >= 4 is 12.2 Å². The minimum absolute atomic E-state index is 0.558. The molecule has 2 aromatic heterocycles. The van der Waals surface area contributed by atoms with Gasteiger partial charge >= 0.3 is 0 Å². The summed E-state index contributed by atoms with van der Waals surface area (Å²) in [7, 11) is 0. The van der Waals surface area contributed by atoms with Crippen molar-refractivity contribution in [2.24, 2.45) is 0 Å². The van der Waals surface area contributed by atoms with Crippen LogP contribution in [0.1, 0.15) is 5.56 Å². The molecule has 0 aliphatic rings. The Labute approximate surface area is 86.1 Å². The van der Waals surface area contributed by atoms with E-state index in [1.807, 2.05) is 6.92 Å². The third-order valence-corrected chi connectivity index (χ3v) is 1.90. The molecule has 4 nitrogen and oxygen atoms in total. The van der Waals surface area contributed by atoms with Gasteiger partial charge < -0.3 is 4.98 Å². The summed E-state index contributed by atoms with van der Waals surface area (Å²) in [5, 5.41) is 0. The quantitative estimate of drug-likeness (QED) is 0.721. The van der Waals surface area contributed by atoms with E-state index >= 15 is 0 Å². The Morgan fingerprint density at radius 3 is 2.57 bits per heavy atom. The van der Waals surface area contributed by atoms with Gasteiger partial charge in [0.25, 0.3) is 0 Å². The van der Waals surface area contributed by atoms with Gasteiger partial charge in [-0.25, -0.2) is 15.0 Å². The number of aromatic nitrogens is 4. The van der Waals surface area contributed by atoms with Crippen molar-refractivity contribution in [3.8, 4) is 11.6 Å². The normalized spacial score (nSPS) is 10.1. The molecule has 0 bridgehead atoms. The number of rotatable bonds is 1. The summed E-state index contributed by atoms with van der Waals surface area (Å²) in [5.41, 5.74) is 1.02. The second-order valence-electron chi connectivity index (χ2n) is 2.87. The first-order valence-electron chi connectivity index (χ1n) is 4.10. The van der Waals surface area contributed by atoms with E-state index < -0.39 is 0 Å². The van der Waals surface area contributed by atoms with Crippen LogP contribution in [0.25, 0.3) is 11.6 Å². The van der Waals surface area contributed by atoms with Gasteiger partial charge in [0.1, 0.15) is 4.64 Å². The van der Waals surface area contributed by atoms with E-state index in [1.54, 1.807) is 24.7 Å². The first-order valence-corrected chi connectivity index (χ1v) is 4.51. The van der Waals surface area contributed by atoms with Gasteiger partial charge in [-0.2, -0.15) is 0 Å². The number of H-pyrrole nitrogens is 1. The van der Waals surface area contributed by atoms with Crippen molar-refractivity contribution in [1.82, 2.24) is 19.9 Å². The predicted molar refractivity (Wildman–Crippen MR) is 55.2 cm³/mol. The largest absolute Gasteiger partial charge is 0.328 e. The molecule has 0 atom stereocenters. The SMILES string of the molecule is Cc1cnc(-c2nccc(=S)[nH]2)nc1. The molecule has 1 N–H and O–H groups in total. The second kappa shape index (κ2) is 3.63. The van der Waals surface area contributed by atoms with Crippen LogP contribution in [0.4, 0.5) is 0 Å². The van der Waals surface area contributed by atoms with Crippen LogP contribution < -0.4 is 0 Å². The number of aryl methyl sites for hydroxylation is 1. The Bertz CT molecular complexity index is 489. The average Bonchev–Trinajstić information content (AvgIpc) is 2.19. The van der Waals surface area contributed by atoms with Crippen molar-refractivity contribution < 1.29 is 0 Å². The minimum atomic E-state index is 0.558. The molecule has 14 heavy (non-hydrogen) atoms. The number of nitrogens with zero attached hydrogens (tertiary/aromatic N) is 3. The van der Waals surface area contributed by atoms with Crippen LogP contribution in [0.2, 0.25) is 0 Å². The number of hydrogen-bond donors (Lipinski definition) is 1. The van der Waals surface area contributed by atoms with Crippen LogP contribution in [-0.4, -0.2) is 19.9 Å². The van der Waals surface area contributed by atoms with Gasteiger partial charge in [0, 0.05) is 18.6 Å². The van der Waals surface area contributed by atoms with Gasteiger partial charge in [-0.1, -0.05) is 12.2 Å². The maximum atomic E-state index is 4.97. The van der Waals surface area contributed by atoms with Crippen LogP contribution in [0.5, 0.6) is 0 Å². The zero-order valence-corrected chi connectivity index (χ0v) is 8.38. The van der Waals surface area contributed by atoms with Gasteiger partial charge in [0.2, 0.25) is 0 Å². The molecule has 0 saturated carbocycles. The molecule has 0 aliphatic carbocycles. The van der Waals surface area contributed by atoms with Crippen molar-refractivity contribution in [2.75, 3.05) is 0 Å². The maximum Gasteiger partial charge on any atom is 0.195 e. The minimum Gasteiger partial charge on any atom is -0.328 e. The molecule has 2 heterocycles. The number of aromatic amines is 1. The predicted octanol–water partition coefficient (Wildman–Crippen LogP) is 1.90. The lowest BCUT2D eigenvalue weighted by atomic mass is 10.4. The Hall–Kier alpha value is -1.62. The van der Waals surface area contributed by atoms with Gasteiger partial charge in [-0.3, -0.25) is 0 Å². The molecule has 0 spiro atoms. The zero-order valence-electron chi connectivity index (χ0n) is 7.56. The molecule has 2 rings (SSSR count). The molecule has 0 amide bonds. The zero-order chi connectivity index (χ0) is 9.97. The number of hydrogen-bond acceptors (Lipinski definition) is 4. The Kier molecular flexibility index (Phi) is 2.32. The summed E-state index contributed by atoms with van der Waals surface area (Å²) in [4.78, 5) is 15.3. The summed E-state index contributed by atoms with van der Waals surface area (Å²) in [5.74, 6) is 1.15. The fourth-order valence-corrected chi connectivity index (χ4v) is 1.16. The molecule has 0 fully saturated rings. The molecule has 0 aromatic carbocycles. The van der Waals surface area contributed by atoms with Gasteiger partial charge in [-0.15, -0.1) is 0 Å². The summed E-state index contributed by atoms with van der Waals surface area (Å²) >= 11 is 4.97. The van der Waals surface area contributed by atoms with E-state index in [0.29, 0.717) is 16.3 Å². The smallest absolute Gasteiger partial charge is 0.195 e. The van der Waals surface area contributed by atoms with Gasteiger partial charge in [0.05, 0.1) is 0 Å². The molecule has 0 radical (unpaired) electrons. The average molecular weight is 204 g/mol. The van der Waals surface area contributed by atoms with Crippen molar-refractivity contribution in [1.29, 1.82) is 0 Å². The Morgan fingerprint density at radius 2 is 1.93 bits per heavy atom. The Morgan fingerprint density at radius 1 is 1.21 bits per heavy atom. The highest BCUT2D eigenvalue weighted by Gasteiger charge is 2.00. The molecule has 0 unspecified atom stereocenters. The highest BCUT2D eigenvalue weighted by atomic mass is 32.1. The third-order valence-electron chi connectivity index (χ3n) is 1.66. The summed E-state index contributed by atoms with van der Waals surface area (Å²) in [6.45, 7) is 1.93. The third kappa shape index (κ3) is 1.82. The molecule has 0 aliphatic heterocycles. The maximum absolute atomic E-state index is 4.97. The lowest BCUT2D eigenvalue weighted by Crippen LogP contribution is -1.94. The highest BCUT2D eigenvalue weighted by Crippen LogP contribution is 2.06. The van der Waals surface area contributed by atoms with Crippen molar-refractivity contribution in [3.05, 3.63) is 34.9 Å².